The lowest BCUT2D eigenvalue weighted by Crippen LogP contribution is -2.19. The largest absolute Gasteiger partial charge is 0.309 e. The molecule has 5 nitrogen and oxygen atoms in total. The maximum atomic E-state index is 16.5. The Kier molecular flexibility index (Phi) is 8.74. The van der Waals surface area contributed by atoms with Crippen molar-refractivity contribution in [2.45, 2.75) is 6.92 Å². The van der Waals surface area contributed by atoms with Crippen molar-refractivity contribution >= 4 is 62.3 Å². The molecule has 1 atom stereocenters. The molecule has 7 aromatic carbocycles. The number of benzene rings is 7. The van der Waals surface area contributed by atoms with Crippen molar-refractivity contribution in [2.24, 2.45) is 0 Å². The fourth-order valence-electron chi connectivity index (χ4n) is 8.20. The smallest absolute Gasteiger partial charge is 0.238 e. The lowest BCUT2D eigenvalue weighted by atomic mass is 9.95. The first kappa shape index (κ1) is 35.2. The fraction of sp³-hybridized carbons (Fsp3) is 0.0192. The van der Waals surface area contributed by atoms with E-state index in [2.05, 4.69) is 90.3 Å². The van der Waals surface area contributed by atoms with E-state index in [1.54, 1.807) is 0 Å². The normalized spacial score (nSPS) is 15.6. The van der Waals surface area contributed by atoms with Crippen molar-refractivity contribution in [3.8, 4) is 22.8 Å². The summed E-state index contributed by atoms with van der Waals surface area (Å²) < 4.78 is 16.5. The molecule has 1 unspecified atom stereocenters. The van der Waals surface area contributed by atoms with Gasteiger partial charge in [-0.1, -0.05) is 183 Å². The van der Waals surface area contributed by atoms with Gasteiger partial charge in [0.2, 0.25) is 5.95 Å². The third-order valence-corrected chi connectivity index (χ3v) is 14.1. The van der Waals surface area contributed by atoms with Gasteiger partial charge in [-0.3, -0.25) is 4.90 Å². The number of nitrogens with zero attached hydrogens (tertiary/aromatic N) is 4. The minimum atomic E-state index is -3.43. The van der Waals surface area contributed by atoms with Crippen LogP contribution >= 0.6 is 7.14 Å². The van der Waals surface area contributed by atoms with Gasteiger partial charge in [0.15, 0.2) is 18.8 Å². The molecule has 276 valence electrons. The van der Waals surface area contributed by atoms with E-state index in [9.17, 15) is 0 Å². The van der Waals surface area contributed by atoms with Gasteiger partial charge in [-0.2, -0.15) is 9.97 Å². The monoisotopic (exact) mass is 764 g/mol. The molecule has 1 aromatic heterocycles. The van der Waals surface area contributed by atoms with Gasteiger partial charge in [0, 0.05) is 43.8 Å². The summed E-state index contributed by atoms with van der Waals surface area (Å²) in [6.07, 6.45) is 7.96. The molecule has 0 aliphatic carbocycles. The molecule has 0 N–H and O–H groups in total. The highest BCUT2D eigenvalue weighted by atomic mass is 31.2. The number of fused-ring (bicyclic) bond motifs is 7. The number of allylic oxidation sites excluding steroid dienone is 5. The lowest BCUT2D eigenvalue weighted by molar-refractivity contribution is 0.593. The van der Waals surface area contributed by atoms with Crippen LogP contribution in [0.5, 0.6) is 0 Å². The molecule has 2 aliphatic heterocycles. The van der Waals surface area contributed by atoms with Gasteiger partial charge in [0.25, 0.3) is 0 Å². The average Bonchev–Trinajstić information content (AvgIpc) is 3.47. The summed E-state index contributed by atoms with van der Waals surface area (Å²) in [6.45, 7) is 6.26. The molecule has 2 aliphatic rings. The first-order valence-electron chi connectivity index (χ1n) is 19.4. The van der Waals surface area contributed by atoms with E-state index in [4.69, 9.17) is 15.0 Å². The van der Waals surface area contributed by atoms with Crippen LogP contribution in [-0.2, 0) is 4.57 Å². The van der Waals surface area contributed by atoms with E-state index >= 15 is 4.57 Å². The summed E-state index contributed by atoms with van der Waals surface area (Å²) >= 11 is 0. The molecule has 10 rings (SSSR count). The van der Waals surface area contributed by atoms with E-state index < -0.39 is 7.14 Å². The standard InChI is InChI=1S/C52H37N4OP/c1-3-4-6-17-35(2)36-28-30-39(31-29-36)51-53-50(38-19-7-5-8-20-38)54-52(55-51)56-45-25-14-11-22-42(45)48-44-24-13-16-27-47(44)58(57,49(48)43-23-12-15-26-46(43)56)41-33-32-37-18-9-10-21-40(37)34-41/h3-34H,2H2,1H3/b4-3-,17-6-. The van der Waals surface area contributed by atoms with Crippen molar-refractivity contribution in [2.75, 3.05) is 4.90 Å². The maximum Gasteiger partial charge on any atom is 0.238 e. The van der Waals surface area contributed by atoms with Gasteiger partial charge in [-0.25, -0.2) is 4.98 Å². The Bertz CT molecular complexity index is 3070. The second-order valence-corrected chi connectivity index (χ2v) is 17.1. The van der Waals surface area contributed by atoms with Crippen LogP contribution in [0.4, 0.5) is 17.3 Å². The van der Waals surface area contributed by atoms with Gasteiger partial charge in [0.05, 0.1) is 11.4 Å². The van der Waals surface area contributed by atoms with Crippen LogP contribution < -0.4 is 15.5 Å². The number of rotatable bonds is 7. The molecule has 0 saturated carbocycles. The average molecular weight is 765 g/mol. The Morgan fingerprint density at radius 3 is 1.93 bits per heavy atom. The topological polar surface area (TPSA) is 59.0 Å². The molecule has 8 aromatic rings. The van der Waals surface area contributed by atoms with E-state index in [0.29, 0.717) is 17.6 Å². The summed E-state index contributed by atoms with van der Waals surface area (Å²) in [5.74, 6) is 1.55. The van der Waals surface area contributed by atoms with E-state index in [1.165, 1.54) is 0 Å². The summed E-state index contributed by atoms with van der Waals surface area (Å²) in [5, 5.41) is 4.65. The van der Waals surface area contributed by atoms with E-state index in [0.717, 1.165) is 82.6 Å². The second kappa shape index (κ2) is 14.4. The zero-order valence-corrected chi connectivity index (χ0v) is 32.7. The number of hydrogen-bond donors (Lipinski definition) is 0. The highest BCUT2D eigenvalue weighted by molar-refractivity contribution is 7.88. The Morgan fingerprint density at radius 2 is 1.19 bits per heavy atom. The zero-order chi connectivity index (χ0) is 39.2. The minimum Gasteiger partial charge on any atom is -0.309 e. The van der Waals surface area contributed by atoms with Gasteiger partial charge in [-0.05, 0) is 52.6 Å². The summed E-state index contributed by atoms with van der Waals surface area (Å²) in [7, 11) is -3.43. The number of para-hydroxylation sites is 2. The molecule has 6 heteroatoms. The van der Waals surface area contributed by atoms with Gasteiger partial charge in [0.1, 0.15) is 0 Å². The van der Waals surface area contributed by atoms with Gasteiger partial charge >= 0.3 is 0 Å². The highest BCUT2D eigenvalue weighted by Gasteiger charge is 2.46. The minimum absolute atomic E-state index is 0.460. The molecule has 0 spiro atoms. The van der Waals surface area contributed by atoms with Crippen LogP contribution in [0.1, 0.15) is 29.2 Å². The Labute approximate surface area is 338 Å². The van der Waals surface area contributed by atoms with Crippen molar-refractivity contribution in [3.63, 3.8) is 0 Å². The van der Waals surface area contributed by atoms with E-state index in [1.807, 2.05) is 122 Å². The number of aromatic nitrogens is 3. The third kappa shape index (κ3) is 5.79. The van der Waals surface area contributed by atoms with Crippen LogP contribution in [0, 0.1) is 0 Å². The van der Waals surface area contributed by atoms with Gasteiger partial charge in [-0.15, -0.1) is 0 Å². The summed E-state index contributed by atoms with van der Waals surface area (Å²) in [5.41, 5.74) is 9.13. The van der Waals surface area contributed by atoms with Crippen LogP contribution in [0.25, 0.3) is 50.0 Å². The summed E-state index contributed by atoms with van der Waals surface area (Å²) in [6, 6.07) is 57.5. The maximum absolute atomic E-state index is 16.5. The van der Waals surface area contributed by atoms with Crippen molar-refractivity contribution in [1.29, 1.82) is 0 Å². The predicted molar refractivity (Wildman–Crippen MR) is 242 cm³/mol. The van der Waals surface area contributed by atoms with Crippen LogP contribution in [0.3, 0.4) is 0 Å². The fourth-order valence-corrected chi connectivity index (χ4v) is 11.5. The summed E-state index contributed by atoms with van der Waals surface area (Å²) in [4.78, 5) is 17.7. The van der Waals surface area contributed by atoms with Crippen molar-refractivity contribution < 1.29 is 4.57 Å². The highest BCUT2D eigenvalue weighted by Crippen LogP contribution is 2.68. The molecule has 0 fully saturated rings. The number of anilines is 3. The zero-order valence-electron chi connectivity index (χ0n) is 31.8. The molecular weight excluding hydrogens is 728 g/mol. The quantitative estimate of drug-likeness (QED) is 0.119. The van der Waals surface area contributed by atoms with Crippen molar-refractivity contribution in [3.05, 3.63) is 223 Å². The second-order valence-electron chi connectivity index (χ2n) is 14.4. The Hall–Kier alpha value is -7.20. The molecule has 0 bridgehead atoms. The van der Waals surface area contributed by atoms with Crippen LogP contribution in [0.2, 0.25) is 0 Å². The predicted octanol–water partition coefficient (Wildman–Crippen LogP) is 12.5. The molecule has 58 heavy (non-hydrogen) atoms. The SMILES string of the molecule is C=C(/C=C\C=C/C)c1ccc(-c2nc(-c3ccccc3)nc(N3c4ccccc4C4=C(c5ccccc53)P(=O)(c3ccc5ccccc5c3)c3ccccc34)n2)cc1. The van der Waals surface area contributed by atoms with Crippen molar-refractivity contribution in [1.82, 2.24) is 15.0 Å². The van der Waals surface area contributed by atoms with Gasteiger partial charge < -0.3 is 4.57 Å². The third-order valence-electron chi connectivity index (χ3n) is 10.9. The molecule has 0 amide bonds. The molecule has 3 heterocycles. The Morgan fingerprint density at radius 1 is 0.586 bits per heavy atom. The molecule has 0 radical (unpaired) electrons. The first-order valence-corrected chi connectivity index (χ1v) is 21.1. The Balaban J connectivity index is 1.21. The molecular formula is C52H37N4OP. The molecule has 0 saturated heterocycles. The lowest BCUT2D eigenvalue weighted by Gasteiger charge is -2.27. The van der Waals surface area contributed by atoms with E-state index in [-0.39, 0.29) is 0 Å². The number of hydrogen-bond acceptors (Lipinski definition) is 5. The van der Waals surface area contributed by atoms with Crippen LogP contribution in [-0.4, -0.2) is 15.0 Å². The van der Waals surface area contributed by atoms with Crippen LogP contribution in [0.15, 0.2) is 201 Å². The first-order chi connectivity index (χ1) is 28.5.